The summed E-state index contributed by atoms with van der Waals surface area (Å²) in [6.45, 7) is 6.32. The number of ether oxygens (including phenoxy) is 1. The molecule has 2 aliphatic rings. The maximum atomic E-state index is 13.8. The van der Waals surface area contributed by atoms with Crippen LogP contribution in [0, 0.1) is 0 Å². The quantitative estimate of drug-likeness (QED) is 0.505. The third-order valence-electron chi connectivity index (χ3n) is 7.08. The fourth-order valence-electron chi connectivity index (χ4n) is 5.08. The number of likely N-dealkylation sites (tertiary alicyclic amines) is 1. The summed E-state index contributed by atoms with van der Waals surface area (Å²) in [7, 11) is 0. The molecule has 0 radical (unpaired) electrons. The Morgan fingerprint density at radius 3 is 2.41 bits per heavy atom. The standard InChI is InChI=1S/C28H37N5O4/c1-3-5-17-29-25(34)20-32-21-33(22-11-7-6-8-12-22)28(26(32)35)15-18-31(19-16-28)27(36)30-23-13-9-10-14-24(23)37-4-2/h6-14H,3-5,15-21H2,1-2H3,(H,29,34)(H,30,36). The Labute approximate surface area is 218 Å². The molecule has 4 amide bonds. The minimum absolute atomic E-state index is 0.0338. The van der Waals surface area contributed by atoms with Crippen LogP contribution in [0.2, 0.25) is 0 Å². The fourth-order valence-corrected chi connectivity index (χ4v) is 5.08. The van der Waals surface area contributed by atoms with E-state index < -0.39 is 5.54 Å². The lowest BCUT2D eigenvalue weighted by Gasteiger charge is -2.43. The van der Waals surface area contributed by atoms with Gasteiger partial charge >= 0.3 is 6.03 Å². The molecular weight excluding hydrogens is 470 g/mol. The monoisotopic (exact) mass is 507 g/mol. The van der Waals surface area contributed by atoms with Crippen LogP contribution in [0.1, 0.15) is 39.5 Å². The summed E-state index contributed by atoms with van der Waals surface area (Å²) in [5, 5.41) is 5.87. The van der Waals surface area contributed by atoms with E-state index in [0.29, 0.717) is 57.2 Å². The zero-order chi connectivity index (χ0) is 26.3. The number of nitrogens with zero attached hydrogens (tertiary/aromatic N) is 3. The number of para-hydroxylation sites is 3. The average Bonchev–Trinajstić information content (AvgIpc) is 3.17. The van der Waals surface area contributed by atoms with Gasteiger partial charge in [0.15, 0.2) is 0 Å². The smallest absolute Gasteiger partial charge is 0.321 e. The van der Waals surface area contributed by atoms with Gasteiger partial charge in [0.25, 0.3) is 5.91 Å². The van der Waals surface area contributed by atoms with E-state index in [9.17, 15) is 14.4 Å². The number of anilines is 2. The third kappa shape index (κ3) is 5.81. The molecule has 2 aromatic rings. The number of unbranched alkanes of at least 4 members (excludes halogenated alkanes) is 1. The molecule has 37 heavy (non-hydrogen) atoms. The summed E-state index contributed by atoms with van der Waals surface area (Å²) in [5.41, 5.74) is 0.774. The minimum atomic E-state index is -0.787. The van der Waals surface area contributed by atoms with Gasteiger partial charge in [0, 0.05) is 25.3 Å². The molecule has 2 fully saturated rings. The van der Waals surface area contributed by atoms with Gasteiger partial charge in [-0.3, -0.25) is 9.59 Å². The van der Waals surface area contributed by atoms with Crippen LogP contribution < -0.4 is 20.3 Å². The first kappa shape index (κ1) is 26.3. The molecule has 0 aliphatic carbocycles. The van der Waals surface area contributed by atoms with E-state index in [1.54, 1.807) is 9.80 Å². The summed E-state index contributed by atoms with van der Waals surface area (Å²) in [6.07, 6.45) is 2.87. The van der Waals surface area contributed by atoms with Crippen LogP contribution >= 0.6 is 0 Å². The fraction of sp³-hybridized carbons (Fsp3) is 0.464. The first-order chi connectivity index (χ1) is 18.0. The summed E-state index contributed by atoms with van der Waals surface area (Å²) < 4.78 is 5.63. The summed E-state index contributed by atoms with van der Waals surface area (Å²) in [4.78, 5) is 44.9. The third-order valence-corrected chi connectivity index (χ3v) is 7.08. The Hall–Kier alpha value is -3.75. The van der Waals surface area contributed by atoms with Crippen LogP contribution in [0.3, 0.4) is 0 Å². The van der Waals surface area contributed by atoms with E-state index in [1.165, 1.54) is 0 Å². The van der Waals surface area contributed by atoms with Gasteiger partial charge in [-0.15, -0.1) is 0 Å². The van der Waals surface area contributed by atoms with Crippen LogP contribution in [-0.4, -0.2) is 72.6 Å². The lowest BCUT2D eigenvalue weighted by Crippen LogP contribution is -2.58. The molecule has 2 aromatic carbocycles. The van der Waals surface area contributed by atoms with Crippen molar-refractivity contribution in [3.05, 3.63) is 54.6 Å². The molecule has 0 bridgehead atoms. The van der Waals surface area contributed by atoms with E-state index in [0.717, 1.165) is 18.5 Å². The number of hydrogen-bond donors (Lipinski definition) is 2. The zero-order valence-corrected chi connectivity index (χ0v) is 21.7. The summed E-state index contributed by atoms with van der Waals surface area (Å²) in [5.74, 6) is 0.432. The van der Waals surface area contributed by atoms with Gasteiger partial charge in [-0.05, 0) is 50.5 Å². The van der Waals surface area contributed by atoms with Gasteiger partial charge < -0.3 is 30.1 Å². The highest BCUT2D eigenvalue weighted by Crippen LogP contribution is 2.39. The number of benzene rings is 2. The van der Waals surface area contributed by atoms with Gasteiger partial charge in [0.2, 0.25) is 5.91 Å². The van der Waals surface area contributed by atoms with E-state index in [2.05, 4.69) is 22.5 Å². The number of carbonyl (C=O) groups excluding carboxylic acids is 3. The predicted octanol–water partition coefficient (Wildman–Crippen LogP) is 3.67. The molecule has 0 aromatic heterocycles. The van der Waals surface area contributed by atoms with Crippen LogP contribution in [0.5, 0.6) is 5.75 Å². The molecular formula is C28H37N5O4. The van der Waals surface area contributed by atoms with Crippen molar-refractivity contribution in [2.75, 3.05) is 49.7 Å². The highest BCUT2D eigenvalue weighted by atomic mass is 16.5. The molecule has 2 saturated heterocycles. The first-order valence-electron chi connectivity index (χ1n) is 13.1. The van der Waals surface area contributed by atoms with Crippen molar-refractivity contribution in [1.82, 2.24) is 15.1 Å². The predicted molar refractivity (Wildman–Crippen MR) is 144 cm³/mol. The van der Waals surface area contributed by atoms with Crippen LogP contribution in [0.25, 0.3) is 0 Å². The van der Waals surface area contributed by atoms with Crippen molar-refractivity contribution in [1.29, 1.82) is 0 Å². The lowest BCUT2D eigenvalue weighted by molar-refractivity contribution is -0.137. The molecule has 9 nitrogen and oxygen atoms in total. The van der Waals surface area contributed by atoms with E-state index >= 15 is 0 Å². The Balaban J connectivity index is 1.47. The van der Waals surface area contributed by atoms with E-state index in [1.807, 2.05) is 61.5 Å². The van der Waals surface area contributed by atoms with Gasteiger partial charge in [0.05, 0.1) is 19.0 Å². The minimum Gasteiger partial charge on any atom is -0.492 e. The van der Waals surface area contributed by atoms with Crippen molar-refractivity contribution in [2.24, 2.45) is 0 Å². The Morgan fingerprint density at radius 1 is 1.00 bits per heavy atom. The van der Waals surface area contributed by atoms with Crippen molar-refractivity contribution < 1.29 is 19.1 Å². The topological polar surface area (TPSA) is 94.2 Å². The first-order valence-corrected chi connectivity index (χ1v) is 13.1. The van der Waals surface area contributed by atoms with Gasteiger partial charge in [0.1, 0.15) is 17.8 Å². The number of amides is 4. The Kier molecular flexibility index (Phi) is 8.53. The second kappa shape index (κ2) is 12.0. The second-order valence-corrected chi connectivity index (χ2v) is 9.49. The summed E-state index contributed by atoms with van der Waals surface area (Å²) >= 11 is 0. The van der Waals surface area contributed by atoms with Gasteiger partial charge in [-0.25, -0.2) is 4.79 Å². The number of urea groups is 1. The lowest BCUT2D eigenvalue weighted by atomic mass is 9.85. The molecule has 198 valence electrons. The average molecular weight is 508 g/mol. The largest absolute Gasteiger partial charge is 0.492 e. The Morgan fingerprint density at radius 2 is 1.70 bits per heavy atom. The number of hydrogen-bond acceptors (Lipinski definition) is 5. The van der Waals surface area contributed by atoms with Crippen molar-refractivity contribution in [3.8, 4) is 5.75 Å². The van der Waals surface area contributed by atoms with Crippen molar-refractivity contribution in [2.45, 2.75) is 45.1 Å². The molecule has 2 N–H and O–H groups in total. The molecule has 1 spiro atoms. The molecule has 0 atom stereocenters. The normalized spacial score (nSPS) is 16.7. The van der Waals surface area contributed by atoms with Gasteiger partial charge in [-0.1, -0.05) is 43.7 Å². The molecule has 0 unspecified atom stereocenters. The number of piperidine rings is 1. The maximum absolute atomic E-state index is 13.8. The van der Waals surface area contributed by atoms with Crippen LogP contribution in [-0.2, 0) is 9.59 Å². The molecule has 0 saturated carbocycles. The highest BCUT2D eigenvalue weighted by Gasteiger charge is 2.54. The highest BCUT2D eigenvalue weighted by molar-refractivity contribution is 5.97. The SMILES string of the molecule is CCCCNC(=O)CN1CN(c2ccccc2)C2(CCN(C(=O)Nc3ccccc3OCC)CC2)C1=O. The molecule has 4 rings (SSSR count). The zero-order valence-electron chi connectivity index (χ0n) is 21.7. The van der Waals surface area contributed by atoms with Gasteiger partial charge in [-0.2, -0.15) is 0 Å². The molecule has 2 heterocycles. The molecule has 9 heteroatoms. The molecule has 2 aliphatic heterocycles. The number of nitrogens with one attached hydrogen (secondary N) is 2. The van der Waals surface area contributed by atoms with Crippen molar-refractivity contribution in [3.63, 3.8) is 0 Å². The Bertz CT molecular complexity index is 1080. The van der Waals surface area contributed by atoms with E-state index in [-0.39, 0.29) is 24.4 Å². The maximum Gasteiger partial charge on any atom is 0.321 e. The summed E-state index contributed by atoms with van der Waals surface area (Å²) in [6, 6.07) is 17.0. The second-order valence-electron chi connectivity index (χ2n) is 9.49. The van der Waals surface area contributed by atoms with Crippen molar-refractivity contribution >= 4 is 29.2 Å². The number of rotatable bonds is 9. The van der Waals surface area contributed by atoms with Crippen LogP contribution in [0.15, 0.2) is 54.6 Å². The van der Waals surface area contributed by atoms with Crippen LogP contribution in [0.4, 0.5) is 16.2 Å². The van der Waals surface area contributed by atoms with E-state index in [4.69, 9.17) is 4.74 Å². The number of carbonyl (C=O) groups is 3.